The quantitative estimate of drug-likeness (QED) is 0.413. The fourth-order valence-corrected chi connectivity index (χ4v) is 5.12. The van der Waals surface area contributed by atoms with Gasteiger partial charge in [-0.25, -0.2) is 9.37 Å². The van der Waals surface area contributed by atoms with Crippen LogP contribution in [0.2, 0.25) is 0 Å². The van der Waals surface area contributed by atoms with Gasteiger partial charge < -0.3 is 11.1 Å². The first-order chi connectivity index (χ1) is 19.3. The summed E-state index contributed by atoms with van der Waals surface area (Å²) in [6.07, 6.45) is -0.0867. The molecular formula is C28H26F2N8O2. The second-order valence-electron chi connectivity index (χ2n) is 10.2. The molecule has 40 heavy (non-hydrogen) atoms. The van der Waals surface area contributed by atoms with Crippen molar-refractivity contribution in [1.82, 2.24) is 19.7 Å². The smallest absolute Gasteiger partial charge is 0.254 e. The molecule has 1 saturated carbocycles. The number of carbonyl (C=O) groups excluding carboxylic acids is 2. The summed E-state index contributed by atoms with van der Waals surface area (Å²) < 4.78 is 32.0. The van der Waals surface area contributed by atoms with Crippen molar-refractivity contribution in [1.29, 1.82) is 10.5 Å². The lowest BCUT2D eigenvalue weighted by Gasteiger charge is -2.43. The summed E-state index contributed by atoms with van der Waals surface area (Å²) in [4.78, 5) is 30.4. The second-order valence-corrected chi connectivity index (χ2v) is 10.2. The minimum absolute atomic E-state index is 0.116. The maximum Gasteiger partial charge on any atom is 0.254 e. The zero-order valence-electron chi connectivity index (χ0n) is 21.4. The van der Waals surface area contributed by atoms with Gasteiger partial charge in [0.25, 0.3) is 5.91 Å². The Morgan fingerprint density at radius 1 is 1.20 bits per heavy atom. The van der Waals surface area contributed by atoms with Crippen molar-refractivity contribution in [2.24, 2.45) is 17.6 Å². The van der Waals surface area contributed by atoms with E-state index in [0.717, 1.165) is 5.56 Å². The Bertz CT molecular complexity index is 1530. The van der Waals surface area contributed by atoms with Gasteiger partial charge in [-0.05, 0) is 18.9 Å². The Morgan fingerprint density at radius 2 is 1.98 bits per heavy atom. The summed E-state index contributed by atoms with van der Waals surface area (Å²) in [5.74, 6) is -3.06. The number of piperidine rings is 1. The van der Waals surface area contributed by atoms with Gasteiger partial charge in [-0.2, -0.15) is 20.0 Å². The number of alkyl halides is 1. The molecule has 3 aromatic rings. The Hall–Kier alpha value is -4.68. The van der Waals surface area contributed by atoms with Crippen LogP contribution in [0, 0.1) is 40.4 Å². The highest BCUT2D eigenvalue weighted by molar-refractivity contribution is 6.03. The molecule has 5 rings (SSSR count). The van der Waals surface area contributed by atoms with Crippen LogP contribution in [-0.4, -0.2) is 50.7 Å². The van der Waals surface area contributed by atoms with Crippen LogP contribution in [0.4, 0.5) is 14.6 Å². The number of benzene rings is 1. The van der Waals surface area contributed by atoms with Gasteiger partial charge in [-0.15, -0.1) is 0 Å². The third-order valence-electron chi connectivity index (χ3n) is 7.61. The van der Waals surface area contributed by atoms with E-state index in [1.807, 2.05) is 42.5 Å². The van der Waals surface area contributed by atoms with Gasteiger partial charge in [-0.1, -0.05) is 36.4 Å². The van der Waals surface area contributed by atoms with Gasteiger partial charge >= 0.3 is 0 Å². The number of anilines is 1. The molecule has 1 saturated heterocycles. The molecule has 2 fully saturated rings. The number of amides is 2. The average Bonchev–Trinajstić information content (AvgIpc) is 3.63. The van der Waals surface area contributed by atoms with E-state index in [1.54, 1.807) is 17.0 Å². The Kier molecular flexibility index (Phi) is 7.28. The average molecular weight is 545 g/mol. The number of carbonyl (C=O) groups is 2. The lowest BCUT2D eigenvalue weighted by molar-refractivity contribution is -0.117. The van der Waals surface area contributed by atoms with Gasteiger partial charge in [0.15, 0.2) is 5.82 Å². The fraction of sp³-hybridized carbons (Fsp3) is 0.357. The summed E-state index contributed by atoms with van der Waals surface area (Å²) >= 11 is 0. The van der Waals surface area contributed by atoms with Crippen molar-refractivity contribution in [3.63, 3.8) is 0 Å². The topological polar surface area (TPSA) is 154 Å². The van der Waals surface area contributed by atoms with Crippen molar-refractivity contribution < 1.29 is 18.4 Å². The molecule has 4 atom stereocenters. The Morgan fingerprint density at radius 3 is 2.60 bits per heavy atom. The SMILES string of the molecule is N#CCC1(n2cc(C(N)=O)c(NC(=O)[C@@H]3CC3C#N)n2)CCN(Cc2ccc(-c3ccccc3)nc2F)CC1F. The lowest BCUT2D eigenvalue weighted by atomic mass is 9.83. The van der Waals surface area contributed by atoms with Crippen LogP contribution in [0.5, 0.6) is 0 Å². The van der Waals surface area contributed by atoms with E-state index in [1.165, 1.54) is 10.9 Å². The fourth-order valence-electron chi connectivity index (χ4n) is 5.12. The van der Waals surface area contributed by atoms with Gasteiger partial charge in [0.05, 0.1) is 36.1 Å². The Balaban J connectivity index is 1.34. The molecule has 3 N–H and O–H groups in total. The summed E-state index contributed by atoms with van der Waals surface area (Å²) in [6.45, 7) is 0.299. The number of primary amides is 1. The van der Waals surface area contributed by atoms with Gasteiger partial charge in [0.2, 0.25) is 11.9 Å². The predicted octanol–water partition coefficient (Wildman–Crippen LogP) is 3.13. The van der Waals surface area contributed by atoms with Crippen molar-refractivity contribution in [3.05, 3.63) is 65.7 Å². The number of nitrogens with two attached hydrogens (primary N) is 1. The largest absolute Gasteiger partial charge is 0.365 e. The van der Waals surface area contributed by atoms with Crippen molar-refractivity contribution >= 4 is 17.6 Å². The van der Waals surface area contributed by atoms with E-state index in [2.05, 4.69) is 15.4 Å². The Labute approximate surface area is 229 Å². The molecule has 2 aliphatic rings. The van der Waals surface area contributed by atoms with E-state index in [4.69, 9.17) is 11.0 Å². The molecule has 204 valence electrons. The van der Waals surface area contributed by atoms with E-state index >= 15 is 4.39 Å². The predicted molar refractivity (Wildman–Crippen MR) is 139 cm³/mol. The van der Waals surface area contributed by atoms with Crippen molar-refractivity contribution in [3.8, 4) is 23.4 Å². The van der Waals surface area contributed by atoms with Gasteiger partial charge in [0.1, 0.15) is 17.3 Å². The first kappa shape index (κ1) is 26.9. The molecule has 3 heterocycles. The molecule has 1 aliphatic heterocycles. The summed E-state index contributed by atoms with van der Waals surface area (Å²) in [5, 5.41) is 25.4. The van der Waals surface area contributed by atoms with Crippen molar-refractivity contribution in [2.75, 3.05) is 18.4 Å². The maximum absolute atomic E-state index is 16.0. The zero-order chi connectivity index (χ0) is 28.4. The summed E-state index contributed by atoms with van der Waals surface area (Å²) in [6, 6.07) is 16.6. The number of nitrogens with zero attached hydrogens (tertiary/aromatic N) is 6. The monoisotopic (exact) mass is 544 g/mol. The normalized spacial score (nSPS) is 24.1. The summed E-state index contributed by atoms with van der Waals surface area (Å²) in [5.41, 5.74) is 5.53. The molecule has 1 aliphatic carbocycles. The third-order valence-corrected chi connectivity index (χ3v) is 7.61. The van der Waals surface area contributed by atoms with Crippen LogP contribution in [0.1, 0.15) is 35.2 Å². The molecular weight excluding hydrogens is 518 g/mol. The number of nitriles is 2. The molecule has 0 radical (unpaired) electrons. The second kappa shape index (κ2) is 10.8. The summed E-state index contributed by atoms with van der Waals surface area (Å²) in [7, 11) is 0. The van der Waals surface area contributed by atoms with Crippen LogP contribution in [0.25, 0.3) is 11.3 Å². The highest BCUT2D eigenvalue weighted by atomic mass is 19.1. The number of nitrogens with one attached hydrogen (secondary N) is 1. The number of aromatic nitrogens is 3. The minimum Gasteiger partial charge on any atom is -0.365 e. The third kappa shape index (κ3) is 5.14. The number of pyridine rings is 1. The molecule has 12 heteroatoms. The van der Waals surface area contributed by atoms with E-state index in [-0.39, 0.29) is 37.3 Å². The van der Waals surface area contributed by atoms with Gasteiger partial charge in [-0.3, -0.25) is 19.2 Å². The van der Waals surface area contributed by atoms with Crippen LogP contribution in [0.3, 0.4) is 0 Å². The van der Waals surface area contributed by atoms with Crippen molar-refractivity contribution in [2.45, 2.75) is 37.5 Å². The molecule has 0 bridgehead atoms. The lowest BCUT2D eigenvalue weighted by Crippen LogP contribution is -2.54. The standard InChI is InChI=1S/C28H26F2N8O2/c29-23-16-37(14-18-6-7-22(34-24(18)30)17-4-2-1-3-5-17)11-9-28(23,8-10-31)38-15-21(25(33)39)26(36-38)35-27(40)20-12-19(20)13-32/h1-7,15,19-20,23H,8-9,11-12,14,16H2,(H2,33,39)(H,35,36,40)/t19?,20-,23?,28?/m1/s1. The number of rotatable bonds is 8. The molecule has 2 amide bonds. The van der Waals surface area contributed by atoms with E-state index < -0.39 is 41.3 Å². The van der Waals surface area contributed by atoms with Crippen LogP contribution in [-0.2, 0) is 16.9 Å². The number of hydrogen-bond acceptors (Lipinski definition) is 7. The first-order valence-electron chi connectivity index (χ1n) is 12.8. The van der Waals surface area contributed by atoms with Gasteiger partial charge in [0, 0.05) is 37.0 Å². The molecule has 1 aromatic carbocycles. The number of likely N-dealkylation sites (tertiary alicyclic amines) is 1. The van der Waals surface area contributed by atoms with E-state index in [9.17, 15) is 19.2 Å². The number of hydrogen-bond donors (Lipinski definition) is 2. The molecule has 3 unspecified atom stereocenters. The maximum atomic E-state index is 16.0. The molecule has 10 nitrogen and oxygen atoms in total. The number of halogens is 2. The first-order valence-corrected chi connectivity index (χ1v) is 12.8. The van der Waals surface area contributed by atoms with Crippen LogP contribution in [0.15, 0.2) is 48.7 Å². The molecule has 0 spiro atoms. The van der Waals surface area contributed by atoms with Crippen LogP contribution >= 0.6 is 0 Å². The molecule has 2 aromatic heterocycles. The minimum atomic E-state index is -1.61. The highest BCUT2D eigenvalue weighted by Crippen LogP contribution is 2.40. The highest BCUT2D eigenvalue weighted by Gasteiger charge is 2.47. The van der Waals surface area contributed by atoms with Crippen LogP contribution < -0.4 is 11.1 Å². The van der Waals surface area contributed by atoms with E-state index in [0.29, 0.717) is 24.2 Å². The zero-order valence-corrected chi connectivity index (χ0v) is 21.4.